The summed E-state index contributed by atoms with van der Waals surface area (Å²) < 4.78 is 19.5. The molecule has 0 bridgehead atoms. The van der Waals surface area contributed by atoms with Gasteiger partial charge in [-0.25, -0.2) is 14.2 Å². The van der Waals surface area contributed by atoms with Crippen molar-refractivity contribution in [2.75, 3.05) is 13.1 Å². The molecule has 192 valence electrons. The Balaban J connectivity index is 1.81. The third kappa shape index (κ3) is 5.28. The van der Waals surface area contributed by atoms with E-state index in [-0.39, 0.29) is 23.7 Å². The van der Waals surface area contributed by atoms with Crippen molar-refractivity contribution in [1.29, 1.82) is 0 Å². The van der Waals surface area contributed by atoms with E-state index in [1.165, 1.54) is 23.5 Å². The maximum Gasteiger partial charge on any atom is 0.410 e. The molecule has 0 radical (unpaired) electrons. The second kappa shape index (κ2) is 10.0. The summed E-state index contributed by atoms with van der Waals surface area (Å²) >= 11 is 1.40. The van der Waals surface area contributed by atoms with Crippen LogP contribution in [0.15, 0.2) is 41.9 Å². The van der Waals surface area contributed by atoms with Gasteiger partial charge in [0.2, 0.25) is 0 Å². The van der Waals surface area contributed by atoms with Crippen LogP contribution in [0.2, 0.25) is 0 Å². The minimum absolute atomic E-state index is 0.0201. The lowest BCUT2D eigenvalue weighted by Crippen LogP contribution is -2.52. The molecule has 2 aromatic heterocycles. The molecule has 0 spiro atoms. The largest absolute Gasteiger partial charge is 0.444 e. The van der Waals surface area contributed by atoms with Gasteiger partial charge in [0.1, 0.15) is 22.1 Å². The number of benzene rings is 1. The average molecular weight is 514 g/mol. The van der Waals surface area contributed by atoms with Crippen LogP contribution in [0.25, 0.3) is 0 Å². The van der Waals surface area contributed by atoms with E-state index in [0.717, 1.165) is 16.3 Å². The van der Waals surface area contributed by atoms with Crippen LogP contribution >= 0.6 is 11.3 Å². The molecule has 4 rings (SSSR count). The highest BCUT2D eigenvalue weighted by molar-refractivity contribution is 7.10. The Morgan fingerprint density at radius 3 is 2.58 bits per heavy atom. The Labute approximate surface area is 214 Å². The van der Waals surface area contributed by atoms with Crippen LogP contribution in [0.1, 0.15) is 73.7 Å². The first-order valence-corrected chi connectivity index (χ1v) is 12.9. The smallest absolute Gasteiger partial charge is 0.410 e. The van der Waals surface area contributed by atoms with Gasteiger partial charge < -0.3 is 15.0 Å². The van der Waals surface area contributed by atoms with Gasteiger partial charge in [-0.2, -0.15) is 5.10 Å². The number of thiazole rings is 1. The maximum atomic E-state index is 13.9. The van der Waals surface area contributed by atoms with Gasteiger partial charge >= 0.3 is 6.09 Å². The molecule has 1 aliphatic heterocycles. The van der Waals surface area contributed by atoms with Crippen molar-refractivity contribution >= 4 is 23.3 Å². The molecule has 0 saturated carbocycles. The predicted octanol–water partition coefficient (Wildman–Crippen LogP) is 4.85. The number of hydrogen-bond acceptors (Lipinski definition) is 6. The zero-order chi connectivity index (χ0) is 26.1. The molecule has 1 aliphatic rings. The van der Waals surface area contributed by atoms with Crippen molar-refractivity contribution in [3.8, 4) is 0 Å². The number of rotatable bonds is 5. The zero-order valence-corrected chi connectivity index (χ0v) is 22.0. The summed E-state index contributed by atoms with van der Waals surface area (Å²) in [6.07, 6.45) is 1.79. The minimum Gasteiger partial charge on any atom is -0.444 e. The summed E-state index contributed by atoms with van der Waals surface area (Å²) in [6, 6.07) is 8.20. The van der Waals surface area contributed by atoms with E-state index in [4.69, 9.17) is 9.72 Å². The Kier molecular flexibility index (Phi) is 7.17. The van der Waals surface area contributed by atoms with Crippen LogP contribution in [0.5, 0.6) is 0 Å². The molecule has 8 nitrogen and oxygen atoms in total. The summed E-state index contributed by atoms with van der Waals surface area (Å²) in [4.78, 5) is 32.2. The van der Waals surface area contributed by atoms with Gasteiger partial charge in [0.25, 0.3) is 5.91 Å². The van der Waals surface area contributed by atoms with Crippen molar-refractivity contribution in [3.63, 3.8) is 0 Å². The number of aromatic amines is 1. The number of likely N-dealkylation sites (tertiary alicyclic amines) is 1. The molecule has 10 heteroatoms. The SMILES string of the molecule is CC(C)NC(=O)c1csc(C2(c3ccn[nH]3)CCN(C(=O)OC(C)(C)C)CC2c2ccc(F)cc2)n1. The fraction of sp³-hybridized carbons (Fsp3) is 0.462. The van der Waals surface area contributed by atoms with Crippen LogP contribution in [-0.4, -0.2) is 56.8 Å². The summed E-state index contributed by atoms with van der Waals surface area (Å²) in [5, 5.41) is 12.7. The topological polar surface area (TPSA) is 100 Å². The normalized spacial score (nSPS) is 20.4. The van der Waals surface area contributed by atoms with Gasteiger partial charge in [0.05, 0.1) is 5.41 Å². The highest BCUT2D eigenvalue weighted by Crippen LogP contribution is 2.50. The molecule has 1 saturated heterocycles. The van der Waals surface area contributed by atoms with Crippen molar-refractivity contribution in [2.24, 2.45) is 0 Å². The number of aromatic nitrogens is 3. The molecular formula is C26H32FN5O3S. The van der Waals surface area contributed by atoms with Crippen molar-refractivity contribution < 1.29 is 18.7 Å². The van der Waals surface area contributed by atoms with Crippen molar-refractivity contribution in [3.05, 3.63) is 69.7 Å². The van der Waals surface area contributed by atoms with E-state index in [2.05, 4.69) is 15.5 Å². The van der Waals surface area contributed by atoms with Crippen LogP contribution in [-0.2, 0) is 10.2 Å². The van der Waals surface area contributed by atoms with E-state index in [0.29, 0.717) is 25.2 Å². The zero-order valence-electron chi connectivity index (χ0n) is 21.2. The van der Waals surface area contributed by atoms with Gasteiger partial charge in [-0.15, -0.1) is 11.3 Å². The summed E-state index contributed by atoms with van der Waals surface area (Å²) in [7, 11) is 0. The van der Waals surface area contributed by atoms with E-state index < -0.39 is 17.1 Å². The number of H-pyrrole nitrogens is 1. The molecule has 3 heterocycles. The summed E-state index contributed by atoms with van der Waals surface area (Å²) in [5.74, 6) is -0.878. The lowest BCUT2D eigenvalue weighted by atomic mass is 9.65. The van der Waals surface area contributed by atoms with Crippen LogP contribution in [0, 0.1) is 5.82 Å². The predicted molar refractivity (Wildman–Crippen MR) is 136 cm³/mol. The Bertz CT molecular complexity index is 1200. The fourth-order valence-corrected chi connectivity index (χ4v) is 5.75. The van der Waals surface area contributed by atoms with E-state index in [1.54, 1.807) is 28.6 Å². The molecule has 2 unspecified atom stereocenters. The number of nitrogens with zero attached hydrogens (tertiary/aromatic N) is 3. The molecule has 1 fully saturated rings. The van der Waals surface area contributed by atoms with E-state index >= 15 is 0 Å². The standard InChI is InChI=1S/C26H32FN5O3S/c1-16(2)29-22(33)20-15-36-23(30-20)26(21-10-12-28-31-21)11-13-32(24(34)35-25(3,4)5)14-19(26)17-6-8-18(27)9-7-17/h6-10,12,15-16,19H,11,13-14H2,1-5H3,(H,28,31)(H,29,33). The number of hydrogen-bond donors (Lipinski definition) is 2. The number of ether oxygens (including phenoxy) is 1. The van der Waals surface area contributed by atoms with Gasteiger partial charge in [-0.05, 0) is 64.8 Å². The first-order valence-electron chi connectivity index (χ1n) is 12.0. The highest BCUT2D eigenvalue weighted by Gasteiger charge is 2.51. The highest BCUT2D eigenvalue weighted by atomic mass is 32.1. The number of carbonyl (C=O) groups is 2. The van der Waals surface area contributed by atoms with Crippen molar-refractivity contribution in [1.82, 2.24) is 25.4 Å². The number of halogens is 1. The molecule has 2 amide bonds. The monoisotopic (exact) mass is 513 g/mol. The molecular weight excluding hydrogens is 481 g/mol. The lowest BCUT2D eigenvalue weighted by Gasteiger charge is -2.46. The lowest BCUT2D eigenvalue weighted by molar-refractivity contribution is 0.0148. The van der Waals surface area contributed by atoms with Gasteiger partial charge in [-0.3, -0.25) is 9.89 Å². The first kappa shape index (κ1) is 25.8. The van der Waals surface area contributed by atoms with Gasteiger partial charge in [0.15, 0.2) is 0 Å². The summed E-state index contributed by atoms with van der Waals surface area (Å²) in [6.45, 7) is 10.0. The number of carbonyl (C=O) groups excluding carboxylic acids is 2. The average Bonchev–Trinajstić information content (AvgIpc) is 3.51. The number of piperidine rings is 1. The molecule has 2 atom stereocenters. The molecule has 3 aromatic rings. The number of nitrogens with one attached hydrogen (secondary N) is 2. The third-order valence-electron chi connectivity index (χ3n) is 6.22. The molecule has 36 heavy (non-hydrogen) atoms. The molecule has 2 N–H and O–H groups in total. The Hall–Kier alpha value is -3.27. The second-order valence-electron chi connectivity index (χ2n) is 10.4. The van der Waals surface area contributed by atoms with Gasteiger partial charge in [0, 0.05) is 42.3 Å². The molecule has 1 aromatic carbocycles. The van der Waals surface area contributed by atoms with Crippen LogP contribution < -0.4 is 5.32 Å². The quantitative estimate of drug-likeness (QED) is 0.508. The van der Waals surface area contributed by atoms with E-state index in [9.17, 15) is 14.0 Å². The minimum atomic E-state index is -0.714. The van der Waals surface area contributed by atoms with Crippen molar-refractivity contribution in [2.45, 2.75) is 64.0 Å². The molecule has 0 aliphatic carbocycles. The van der Waals surface area contributed by atoms with Crippen LogP contribution in [0.4, 0.5) is 9.18 Å². The first-order chi connectivity index (χ1) is 17.0. The summed E-state index contributed by atoms with van der Waals surface area (Å²) in [5.41, 5.74) is 0.672. The number of amides is 2. The second-order valence-corrected chi connectivity index (χ2v) is 11.2. The van der Waals surface area contributed by atoms with Gasteiger partial charge in [-0.1, -0.05) is 12.1 Å². The van der Waals surface area contributed by atoms with E-state index in [1.807, 2.05) is 40.7 Å². The van der Waals surface area contributed by atoms with Crippen LogP contribution in [0.3, 0.4) is 0 Å². The Morgan fingerprint density at radius 1 is 1.25 bits per heavy atom. The Morgan fingerprint density at radius 2 is 1.97 bits per heavy atom. The third-order valence-corrected chi connectivity index (χ3v) is 7.24. The maximum absolute atomic E-state index is 13.9. The fourth-order valence-electron chi connectivity index (χ4n) is 4.65.